The van der Waals surface area contributed by atoms with Crippen LogP contribution in [-0.4, -0.2) is 50.0 Å². The summed E-state index contributed by atoms with van der Waals surface area (Å²) in [7, 11) is 1.36. The lowest BCUT2D eigenvalue weighted by molar-refractivity contribution is 0.0955. The molecule has 212 valence electrons. The lowest BCUT2D eigenvalue weighted by atomic mass is 9.87. The van der Waals surface area contributed by atoms with Crippen molar-refractivity contribution in [3.05, 3.63) is 114 Å². The molecule has 1 saturated heterocycles. The molecule has 0 radical (unpaired) electrons. The maximum atomic E-state index is 14.6. The zero-order valence-corrected chi connectivity index (χ0v) is 22.8. The van der Waals surface area contributed by atoms with E-state index in [0.29, 0.717) is 48.4 Å². The fourth-order valence-electron chi connectivity index (χ4n) is 5.80. The Morgan fingerprint density at radius 3 is 2.60 bits per heavy atom. The maximum Gasteiger partial charge on any atom is 0.408 e. The number of rotatable bonds is 7. The van der Waals surface area contributed by atoms with Crippen LogP contribution >= 0.6 is 0 Å². The van der Waals surface area contributed by atoms with E-state index in [9.17, 15) is 19.1 Å². The highest BCUT2D eigenvalue weighted by molar-refractivity contribution is 6.04. The molecule has 2 amide bonds. The summed E-state index contributed by atoms with van der Waals surface area (Å²) in [5.41, 5.74) is 2.54. The number of anilines is 1. The molecule has 10 heteroatoms. The standard InChI is InChI=1S/C32H28FN5O4/c1-42-26-10-5-9-24(27(26)33)35-29(39)23-13-11-22(12-14-23)28-25-20-34-16-18-37(25)30(36-28)32(15-6-17-38(32)31(40)41)19-21-7-3-2-4-8-21/h2-5,7-14,16,18,20H,6,15,17,19H2,1H3,(H,35,39)(H,40,41). The number of benzene rings is 3. The van der Waals surface area contributed by atoms with Gasteiger partial charge in [0.15, 0.2) is 11.6 Å². The molecule has 0 aliphatic carbocycles. The molecule has 3 heterocycles. The second-order valence-electron chi connectivity index (χ2n) is 10.2. The summed E-state index contributed by atoms with van der Waals surface area (Å²) < 4.78 is 21.5. The van der Waals surface area contributed by atoms with Crippen molar-refractivity contribution in [3.63, 3.8) is 0 Å². The van der Waals surface area contributed by atoms with Crippen molar-refractivity contribution >= 4 is 23.2 Å². The molecule has 1 fully saturated rings. The normalized spacial score (nSPS) is 16.5. The fraction of sp³-hybridized carbons (Fsp3) is 0.188. The number of aromatic nitrogens is 3. The highest BCUT2D eigenvalue weighted by Crippen LogP contribution is 2.43. The van der Waals surface area contributed by atoms with Crippen LogP contribution < -0.4 is 10.1 Å². The molecule has 2 aromatic heterocycles. The lowest BCUT2D eigenvalue weighted by Gasteiger charge is -2.36. The Morgan fingerprint density at radius 2 is 1.86 bits per heavy atom. The van der Waals surface area contributed by atoms with Crippen LogP contribution in [-0.2, 0) is 12.0 Å². The number of amides is 2. The van der Waals surface area contributed by atoms with Gasteiger partial charge in [-0.05, 0) is 42.7 Å². The number of hydrogen-bond acceptors (Lipinski definition) is 5. The molecule has 42 heavy (non-hydrogen) atoms. The summed E-state index contributed by atoms with van der Waals surface area (Å²) in [5.74, 6) is -0.473. The topological polar surface area (TPSA) is 109 Å². The smallest absolute Gasteiger partial charge is 0.408 e. The van der Waals surface area contributed by atoms with Crippen LogP contribution in [0.4, 0.5) is 14.9 Å². The Morgan fingerprint density at radius 1 is 1.07 bits per heavy atom. The molecule has 0 spiro atoms. The number of fused-ring (bicyclic) bond motifs is 1. The Hall–Kier alpha value is -5.25. The minimum Gasteiger partial charge on any atom is -0.494 e. The molecule has 0 saturated carbocycles. The van der Waals surface area contributed by atoms with Crippen LogP contribution in [0, 0.1) is 5.82 Å². The van der Waals surface area contributed by atoms with Gasteiger partial charge in [-0.2, -0.15) is 0 Å². The van der Waals surface area contributed by atoms with Crippen LogP contribution in [0.3, 0.4) is 0 Å². The molecule has 2 N–H and O–H groups in total. The van der Waals surface area contributed by atoms with E-state index in [2.05, 4.69) is 10.3 Å². The average molecular weight is 566 g/mol. The molecule has 6 rings (SSSR count). The Kier molecular flexibility index (Phi) is 7.03. The number of carbonyl (C=O) groups excluding carboxylic acids is 1. The average Bonchev–Trinajstić information content (AvgIpc) is 3.62. The second-order valence-corrected chi connectivity index (χ2v) is 10.2. The molecule has 1 atom stereocenters. The third kappa shape index (κ3) is 4.70. The summed E-state index contributed by atoms with van der Waals surface area (Å²) in [6.45, 7) is 0.412. The number of halogens is 1. The lowest BCUT2D eigenvalue weighted by Crippen LogP contribution is -2.47. The van der Waals surface area contributed by atoms with Crippen LogP contribution in [0.25, 0.3) is 16.8 Å². The number of imidazole rings is 1. The zero-order valence-electron chi connectivity index (χ0n) is 22.8. The molecule has 1 unspecified atom stereocenters. The predicted molar refractivity (Wildman–Crippen MR) is 155 cm³/mol. The number of likely N-dealkylation sites (tertiary alicyclic amines) is 1. The van der Waals surface area contributed by atoms with Crippen LogP contribution in [0.15, 0.2) is 91.4 Å². The van der Waals surface area contributed by atoms with Gasteiger partial charge < -0.3 is 15.2 Å². The summed E-state index contributed by atoms with van der Waals surface area (Å²) in [6.07, 6.45) is 5.98. The highest BCUT2D eigenvalue weighted by Gasteiger charge is 2.48. The van der Waals surface area contributed by atoms with Gasteiger partial charge in [0, 0.05) is 36.5 Å². The molecule has 0 bridgehead atoms. The van der Waals surface area contributed by atoms with E-state index in [4.69, 9.17) is 9.72 Å². The number of nitrogens with one attached hydrogen (secondary N) is 1. The monoisotopic (exact) mass is 565 g/mol. The first-order chi connectivity index (χ1) is 20.4. The van der Waals surface area contributed by atoms with Gasteiger partial charge in [-0.25, -0.2) is 14.2 Å². The van der Waals surface area contributed by atoms with Gasteiger partial charge >= 0.3 is 6.09 Å². The number of carboxylic acid groups (broad SMARTS) is 1. The van der Waals surface area contributed by atoms with Crippen molar-refractivity contribution in [1.82, 2.24) is 19.3 Å². The third-order valence-electron chi connectivity index (χ3n) is 7.77. The van der Waals surface area contributed by atoms with Gasteiger partial charge in [0.1, 0.15) is 11.4 Å². The summed E-state index contributed by atoms with van der Waals surface area (Å²) >= 11 is 0. The van der Waals surface area contributed by atoms with E-state index in [-0.39, 0.29) is 11.4 Å². The first-order valence-corrected chi connectivity index (χ1v) is 13.5. The minimum atomic E-state index is -0.987. The van der Waals surface area contributed by atoms with Crippen molar-refractivity contribution in [2.24, 2.45) is 0 Å². The van der Waals surface area contributed by atoms with E-state index >= 15 is 0 Å². The van der Waals surface area contributed by atoms with Gasteiger partial charge in [-0.3, -0.25) is 19.1 Å². The summed E-state index contributed by atoms with van der Waals surface area (Å²) in [4.78, 5) is 36.3. The van der Waals surface area contributed by atoms with Gasteiger partial charge in [-0.15, -0.1) is 0 Å². The largest absolute Gasteiger partial charge is 0.494 e. The number of ether oxygens (including phenoxy) is 1. The molecular formula is C32H28FN5O4. The fourth-order valence-corrected chi connectivity index (χ4v) is 5.80. The molecule has 3 aromatic carbocycles. The van der Waals surface area contributed by atoms with Crippen molar-refractivity contribution in [2.75, 3.05) is 19.0 Å². The zero-order chi connectivity index (χ0) is 29.3. The van der Waals surface area contributed by atoms with Gasteiger partial charge in [-0.1, -0.05) is 48.5 Å². The Labute approximate surface area is 241 Å². The molecule has 1 aliphatic rings. The van der Waals surface area contributed by atoms with E-state index < -0.39 is 23.4 Å². The Bertz CT molecular complexity index is 1770. The summed E-state index contributed by atoms with van der Waals surface area (Å²) in [6, 6.07) is 21.2. The minimum absolute atomic E-state index is 0.0162. The number of carbonyl (C=O) groups is 2. The summed E-state index contributed by atoms with van der Waals surface area (Å²) in [5, 5.41) is 12.8. The Balaban J connectivity index is 1.38. The molecule has 9 nitrogen and oxygen atoms in total. The quantitative estimate of drug-likeness (QED) is 0.250. The van der Waals surface area contributed by atoms with Gasteiger partial charge in [0.2, 0.25) is 0 Å². The van der Waals surface area contributed by atoms with Crippen molar-refractivity contribution in [3.8, 4) is 17.0 Å². The van der Waals surface area contributed by atoms with Crippen LogP contribution in [0.5, 0.6) is 5.75 Å². The molecular weight excluding hydrogens is 537 g/mol. The van der Waals surface area contributed by atoms with E-state index in [1.807, 2.05) is 34.7 Å². The number of methoxy groups -OCH3 is 1. The van der Waals surface area contributed by atoms with Gasteiger partial charge in [0.25, 0.3) is 5.91 Å². The maximum absolute atomic E-state index is 14.6. The van der Waals surface area contributed by atoms with Crippen molar-refractivity contribution in [2.45, 2.75) is 24.8 Å². The SMILES string of the molecule is COc1cccc(NC(=O)c2ccc(-c3nc(C4(Cc5ccccc5)CCCN4C(=O)O)n4ccncc34)cc2)c1F. The van der Waals surface area contributed by atoms with Crippen molar-refractivity contribution in [1.29, 1.82) is 0 Å². The van der Waals surface area contributed by atoms with E-state index in [0.717, 1.165) is 11.1 Å². The number of nitrogens with zero attached hydrogens (tertiary/aromatic N) is 4. The predicted octanol–water partition coefficient (Wildman–Crippen LogP) is 6.01. The third-order valence-corrected chi connectivity index (χ3v) is 7.77. The van der Waals surface area contributed by atoms with Gasteiger partial charge in [0.05, 0.1) is 30.2 Å². The molecule has 1 aliphatic heterocycles. The highest BCUT2D eigenvalue weighted by atomic mass is 19.1. The first-order valence-electron chi connectivity index (χ1n) is 13.5. The van der Waals surface area contributed by atoms with E-state index in [1.54, 1.807) is 48.9 Å². The molecule has 5 aromatic rings. The number of hydrogen-bond donors (Lipinski definition) is 2. The second kappa shape index (κ2) is 11.0. The van der Waals surface area contributed by atoms with Crippen LogP contribution in [0.1, 0.15) is 34.6 Å². The van der Waals surface area contributed by atoms with E-state index in [1.165, 1.54) is 24.1 Å². The van der Waals surface area contributed by atoms with Crippen molar-refractivity contribution < 1.29 is 23.8 Å². The first kappa shape index (κ1) is 26.9. The van der Waals surface area contributed by atoms with Crippen LogP contribution in [0.2, 0.25) is 0 Å².